The zero-order valence-electron chi connectivity index (χ0n) is 17.0. The summed E-state index contributed by atoms with van der Waals surface area (Å²) >= 11 is 0.851. The van der Waals surface area contributed by atoms with Gasteiger partial charge in [0.2, 0.25) is 5.91 Å². The zero-order valence-corrected chi connectivity index (χ0v) is 17.8. The minimum atomic E-state index is -0.437. The summed E-state index contributed by atoms with van der Waals surface area (Å²) in [5.41, 5.74) is 0.723. The first-order chi connectivity index (χ1) is 13.9. The van der Waals surface area contributed by atoms with Crippen LogP contribution in [0.5, 0.6) is 11.5 Å². The Bertz CT molecular complexity index is 830. The van der Waals surface area contributed by atoms with E-state index in [-0.39, 0.29) is 18.6 Å². The van der Waals surface area contributed by atoms with Crippen LogP contribution in [-0.4, -0.2) is 59.2 Å². The molecule has 2 heterocycles. The van der Waals surface area contributed by atoms with E-state index in [1.807, 2.05) is 26.8 Å². The molecule has 3 amide bonds. The Morgan fingerprint density at radius 3 is 2.59 bits per heavy atom. The average Bonchev–Trinajstić information content (AvgIpc) is 3.29. The van der Waals surface area contributed by atoms with Crippen molar-refractivity contribution in [2.24, 2.45) is 0 Å². The molecule has 0 radical (unpaired) electrons. The number of imide groups is 1. The molecule has 3 rings (SSSR count). The van der Waals surface area contributed by atoms with Crippen LogP contribution in [0.2, 0.25) is 0 Å². The van der Waals surface area contributed by atoms with Crippen molar-refractivity contribution >= 4 is 34.9 Å². The lowest BCUT2D eigenvalue weighted by Crippen LogP contribution is -2.40. The molecule has 1 aromatic carbocycles. The van der Waals surface area contributed by atoms with Crippen molar-refractivity contribution < 1.29 is 23.9 Å². The molecule has 1 aromatic rings. The molecule has 0 bridgehead atoms. The number of nitrogens with zero attached hydrogens (tertiary/aromatic N) is 2. The van der Waals surface area contributed by atoms with Gasteiger partial charge in [-0.3, -0.25) is 19.3 Å². The Balaban J connectivity index is 1.76. The van der Waals surface area contributed by atoms with E-state index >= 15 is 0 Å². The van der Waals surface area contributed by atoms with E-state index in [2.05, 4.69) is 0 Å². The number of hydrogen-bond donors (Lipinski definition) is 0. The predicted molar refractivity (Wildman–Crippen MR) is 112 cm³/mol. The third kappa shape index (κ3) is 5.12. The minimum absolute atomic E-state index is 0.00435. The van der Waals surface area contributed by atoms with Crippen molar-refractivity contribution in [3.8, 4) is 11.5 Å². The van der Waals surface area contributed by atoms with Gasteiger partial charge in [-0.1, -0.05) is 6.07 Å². The Hall–Kier alpha value is -2.48. The van der Waals surface area contributed by atoms with Crippen molar-refractivity contribution in [2.75, 3.05) is 26.2 Å². The van der Waals surface area contributed by atoms with Crippen LogP contribution < -0.4 is 9.47 Å². The van der Waals surface area contributed by atoms with Gasteiger partial charge in [-0.05, 0) is 69.1 Å². The number of amides is 3. The van der Waals surface area contributed by atoms with E-state index in [1.165, 1.54) is 0 Å². The molecule has 156 valence electrons. The summed E-state index contributed by atoms with van der Waals surface area (Å²) in [4.78, 5) is 40.3. The van der Waals surface area contributed by atoms with Crippen LogP contribution in [0.15, 0.2) is 23.1 Å². The van der Waals surface area contributed by atoms with Crippen LogP contribution in [0.4, 0.5) is 4.79 Å². The summed E-state index contributed by atoms with van der Waals surface area (Å²) in [7, 11) is 0. The monoisotopic (exact) mass is 418 g/mol. The number of carbonyl (C=O) groups is 3. The minimum Gasteiger partial charge on any atom is -0.490 e. The summed E-state index contributed by atoms with van der Waals surface area (Å²) in [5, 5.41) is -0.418. The first kappa shape index (κ1) is 21.2. The quantitative estimate of drug-likeness (QED) is 0.631. The number of ether oxygens (including phenoxy) is 2. The maximum absolute atomic E-state index is 12.7. The molecule has 0 N–H and O–H groups in total. The molecule has 7 nitrogen and oxygen atoms in total. The van der Waals surface area contributed by atoms with Gasteiger partial charge in [0, 0.05) is 13.1 Å². The molecule has 29 heavy (non-hydrogen) atoms. The van der Waals surface area contributed by atoms with Crippen LogP contribution in [-0.2, 0) is 9.59 Å². The van der Waals surface area contributed by atoms with Gasteiger partial charge in [-0.25, -0.2) is 0 Å². The summed E-state index contributed by atoms with van der Waals surface area (Å²) < 4.78 is 11.4. The SMILES string of the molecule is CCOc1cc(/C=C2/SC(=O)N(CC(=O)N3CCCC3)C2=O)ccc1OC(C)C. The van der Waals surface area contributed by atoms with Crippen molar-refractivity contribution in [1.29, 1.82) is 0 Å². The Morgan fingerprint density at radius 2 is 1.93 bits per heavy atom. The fourth-order valence-corrected chi connectivity index (χ4v) is 4.06. The van der Waals surface area contributed by atoms with Crippen molar-refractivity contribution in [3.05, 3.63) is 28.7 Å². The lowest BCUT2D eigenvalue weighted by molar-refractivity contribution is -0.135. The number of rotatable bonds is 7. The molecule has 0 atom stereocenters. The number of likely N-dealkylation sites (tertiary alicyclic amines) is 1. The molecule has 2 saturated heterocycles. The lowest BCUT2D eigenvalue weighted by Gasteiger charge is -2.18. The van der Waals surface area contributed by atoms with Gasteiger partial charge in [0.1, 0.15) is 6.54 Å². The molecule has 0 unspecified atom stereocenters. The number of benzene rings is 1. The molecule has 2 aliphatic heterocycles. The molecular formula is C21H26N2O5S. The second-order valence-corrected chi connectivity index (χ2v) is 8.15. The lowest BCUT2D eigenvalue weighted by atomic mass is 10.1. The topological polar surface area (TPSA) is 76.2 Å². The molecule has 2 fully saturated rings. The van der Waals surface area contributed by atoms with Gasteiger partial charge in [-0.2, -0.15) is 0 Å². The Kier molecular flexibility index (Phi) is 6.84. The van der Waals surface area contributed by atoms with Crippen molar-refractivity contribution in [2.45, 2.75) is 39.7 Å². The first-order valence-electron chi connectivity index (χ1n) is 9.85. The standard InChI is InChI=1S/C21H26N2O5S/c1-4-27-17-11-15(7-8-16(17)28-14(2)3)12-18-20(25)23(21(26)29-18)13-19(24)22-9-5-6-10-22/h7-8,11-12,14H,4-6,9-10,13H2,1-3H3/b18-12+. The van der Waals surface area contributed by atoms with Gasteiger partial charge < -0.3 is 14.4 Å². The second-order valence-electron chi connectivity index (χ2n) is 7.16. The highest BCUT2D eigenvalue weighted by atomic mass is 32.2. The van der Waals surface area contributed by atoms with E-state index in [4.69, 9.17) is 9.47 Å². The van der Waals surface area contributed by atoms with Crippen molar-refractivity contribution in [3.63, 3.8) is 0 Å². The smallest absolute Gasteiger partial charge is 0.294 e. The van der Waals surface area contributed by atoms with Crippen LogP contribution >= 0.6 is 11.8 Å². The van der Waals surface area contributed by atoms with Gasteiger partial charge >= 0.3 is 0 Å². The highest BCUT2D eigenvalue weighted by molar-refractivity contribution is 8.18. The second kappa shape index (κ2) is 9.35. The van der Waals surface area contributed by atoms with Gasteiger partial charge in [0.15, 0.2) is 11.5 Å². The number of thioether (sulfide) groups is 1. The predicted octanol–water partition coefficient (Wildman–Crippen LogP) is 3.53. The molecule has 0 saturated carbocycles. The average molecular weight is 419 g/mol. The highest BCUT2D eigenvalue weighted by Gasteiger charge is 2.37. The normalized spacial score (nSPS) is 18.3. The van der Waals surface area contributed by atoms with E-state index in [1.54, 1.807) is 23.1 Å². The van der Waals surface area contributed by atoms with Gasteiger partial charge in [0.05, 0.1) is 17.6 Å². The molecule has 2 aliphatic rings. The zero-order chi connectivity index (χ0) is 21.0. The Morgan fingerprint density at radius 1 is 1.21 bits per heavy atom. The molecule has 0 spiro atoms. The number of hydrogen-bond acceptors (Lipinski definition) is 6. The number of carbonyl (C=O) groups excluding carboxylic acids is 3. The largest absolute Gasteiger partial charge is 0.490 e. The van der Waals surface area contributed by atoms with E-state index in [0.29, 0.717) is 36.1 Å². The van der Waals surface area contributed by atoms with Gasteiger partial charge in [-0.15, -0.1) is 0 Å². The highest BCUT2D eigenvalue weighted by Crippen LogP contribution is 2.35. The Labute approximate surface area is 175 Å². The summed E-state index contributed by atoms with van der Waals surface area (Å²) in [6.45, 7) is 7.41. The fourth-order valence-electron chi connectivity index (χ4n) is 3.22. The van der Waals surface area contributed by atoms with E-state index in [0.717, 1.165) is 35.1 Å². The van der Waals surface area contributed by atoms with Crippen LogP contribution in [0.3, 0.4) is 0 Å². The maximum Gasteiger partial charge on any atom is 0.294 e. The summed E-state index contributed by atoms with van der Waals surface area (Å²) in [6, 6.07) is 5.38. The van der Waals surface area contributed by atoms with Gasteiger partial charge in [0.25, 0.3) is 11.1 Å². The van der Waals surface area contributed by atoms with Crippen LogP contribution in [0, 0.1) is 0 Å². The summed E-state index contributed by atoms with van der Waals surface area (Å²) in [5.74, 6) is 0.592. The van der Waals surface area contributed by atoms with E-state index in [9.17, 15) is 14.4 Å². The molecule has 8 heteroatoms. The first-order valence-corrected chi connectivity index (χ1v) is 10.7. The molecule has 0 aliphatic carbocycles. The molecule has 0 aromatic heterocycles. The molecular weight excluding hydrogens is 392 g/mol. The third-order valence-corrected chi connectivity index (χ3v) is 5.46. The van der Waals surface area contributed by atoms with Crippen LogP contribution in [0.1, 0.15) is 39.2 Å². The summed E-state index contributed by atoms with van der Waals surface area (Å²) in [6.07, 6.45) is 3.58. The maximum atomic E-state index is 12.7. The van der Waals surface area contributed by atoms with Crippen molar-refractivity contribution in [1.82, 2.24) is 9.80 Å². The fraction of sp³-hybridized carbons (Fsp3) is 0.476. The third-order valence-electron chi connectivity index (χ3n) is 4.55. The van der Waals surface area contributed by atoms with E-state index < -0.39 is 11.1 Å². The van der Waals surface area contributed by atoms with Crippen LogP contribution in [0.25, 0.3) is 6.08 Å².